The molecular formula is C28H20Cl2N2O5S. The van der Waals surface area contributed by atoms with Crippen molar-refractivity contribution in [2.45, 2.75) is 11.0 Å². The molecule has 0 bridgehead atoms. The molecular weight excluding hydrogens is 547 g/mol. The minimum Gasteiger partial charge on any atom is -0.476 e. The number of nitrogens with zero attached hydrogens (tertiary/aromatic N) is 1. The lowest BCUT2D eigenvalue weighted by molar-refractivity contribution is -0.122. The van der Waals surface area contributed by atoms with E-state index in [1.54, 1.807) is 60.7 Å². The van der Waals surface area contributed by atoms with Crippen molar-refractivity contribution in [1.29, 1.82) is 0 Å². The summed E-state index contributed by atoms with van der Waals surface area (Å²) in [4.78, 5) is 26.6. The first-order valence-electron chi connectivity index (χ1n) is 11.5. The summed E-state index contributed by atoms with van der Waals surface area (Å²) in [6.07, 6.45) is -1.21. The molecule has 0 aromatic heterocycles. The summed E-state index contributed by atoms with van der Waals surface area (Å²) in [5.74, 6) is -0.723. The van der Waals surface area contributed by atoms with E-state index in [1.807, 2.05) is 0 Å². The molecule has 1 heterocycles. The number of nitrogens with one attached hydrogen (secondary N) is 1. The number of rotatable bonds is 6. The Morgan fingerprint density at radius 3 is 2.24 bits per heavy atom. The van der Waals surface area contributed by atoms with Crippen LogP contribution in [0.3, 0.4) is 0 Å². The number of amides is 1. The van der Waals surface area contributed by atoms with Crippen LogP contribution in [0.1, 0.15) is 15.9 Å². The Hall–Kier alpha value is -3.85. The van der Waals surface area contributed by atoms with Gasteiger partial charge in [0.1, 0.15) is 5.75 Å². The van der Waals surface area contributed by atoms with Crippen LogP contribution < -0.4 is 14.4 Å². The zero-order valence-electron chi connectivity index (χ0n) is 19.7. The maximum atomic E-state index is 13.6. The van der Waals surface area contributed by atoms with Crippen molar-refractivity contribution >= 4 is 56.3 Å². The van der Waals surface area contributed by atoms with Gasteiger partial charge < -0.3 is 10.1 Å². The van der Waals surface area contributed by atoms with Crippen LogP contribution in [0.5, 0.6) is 5.75 Å². The van der Waals surface area contributed by atoms with Crippen molar-refractivity contribution in [3.8, 4) is 5.75 Å². The number of ether oxygens (including phenoxy) is 1. The number of fused-ring (bicyclic) bond motifs is 1. The second-order valence-electron chi connectivity index (χ2n) is 8.44. The number of sulfonamides is 1. The predicted octanol–water partition coefficient (Wildman–Crippen LogP) is 5.82. The van der Waals surface area contributed by atoms with Gasteiger partial charge in [0.2, 0.25) is 0 Å². The van der Waals surface area contributed by atoms with Gasteiger partial charge in [0.15, 0.2) is 11.9 Å². The van der Waals surface area contributed by atoms with E-state index < -0.39 is 22.0 Å². The minimum atomic E-state index is -4.05. The number of para-hydroxylation sites is 2. The lowest BCUT2D eigenvalue weighted by atomic mass is 10.0. The third kappa shape index (κ3) is 5.11. The summed E-state index contributed by atoms with van der Waals surface area (Å²) < 4.78 is 34.2. The summed E-state index contributed by atoms with van der Waals surface area (Å²) in [6.45, 7) is -0.288. The summed E-state index contributed by atoms with van der Waals surface area (Å²) in [6, 6.07) is 25.5. The molecule has 1 atom stereocenters. The summed E-state index contributed by atoms with van der Waals surface area (Å²) in [5, 5.41) is 3.45. The molecule has 5 rings (SSSR count). The van der Waals surface area contributed by atoms with Gasteiger partial charge in [-0.2, -0.15) is 0 Å². The fourth-order valence-electron chi connectivity index (χ4n) is 4.07. The van der Waals surface area contributed by atoms with Gasteiger partial charge in [-0.3, -0.25) is 13.9 Å². The highest BCUT2D eigenvalue weighted by atomic mass is 35.5. The van der Waals surface area contributed by atoms with E-state index >= 15 is 0 Å². The van der Waals surface area contributed by atoms with Crippen LogP contribution in [0.4, 0.5) is 11.4 Å². The molecule has 0 saturated carbocycles. The van der Waals surface area contributed by atoms with Gasteiger partial charge in [0.25, 0.3) is 15.9 Å². The first kappa shape index (κ1) is 25.8. The van der Waals surface area contributed by atoms with Crippen LogP contribution in [0.25, 0.3) is 0 Å². The second kappa shape index (κ2) is 10.5. The molecule has 4 aromatic rings. The van der Waals surface area contributed by atoms with Crippen LogP contribution in [0, 0.1) is 0 Å². The Balaban J connectivity index is 1.46. The molecule has 1 aliphatic rings. The van der Waals surface area contributed by atoms with Gasteiger partial charge in [-0.25, -0.2) is 8.42 Å². The van der Waals surface area contributed by atoms with Crippen molar-refractivity contribution in [1.82, 2.24) is 0 Å². The number of carbonyl (C=O) groups is 2. The van der Waals surface area contributed by atoms with Crippen LogP contribution in [-0.2, 0) is 14.8 Å². The molecule has 0 fully saturated rings. The van der Waals surface area contributed by atoms with E-state index in [4.69, 9.17) is 27.9 Å². The van der Waals surface area contributed by atoms with Gasteiger partial charge in [-0.05, 0) is 54.6 Å². The molecule has 192 valence electrons. The van der Waals surface area contributed by atoms with Crippen LogP contribution in [0.2, 0.25) is 10.0 Å². The van der Waals surface area contributed by atoms with E-state index in [0.717, 1.165) is 4.31 Å². The monoisotopic (exact) mass is 566 g/mol. The van der Waals surface area contributed by atoms with Crippen LogP contribution in [-0.4, -0.2) is 32.8 Å². The highest BCUT2D eigenvalue weighted by Crippen LogP contribution is 2.37. The molecule has 10 heteroatoms. The van der Waals surface area contributed by atoms with Gasteiger partial charge in [-0.1, -0.05) is 65.7 Å². The maximum absolute atomic E-state index is 13.6. The Kier molecular flexibility index (Phi) is 7.12. The molecule has 1 N–H and O–H groups in total. The molecule has 0 aliphatic carbocycles. The standard InChI is InChI=1S/C28H20Cl2N2O5S/c29-19-10-13-21(14-11-19)38(35,36)32-17-26(37-25-9-5-4-8-24(25)32)28(34)31-23-15-12-20(30)16-22(23)27(33)18-6-2-1-3-7-18/h1-16,26H,17H2,(H,31,34). The number of carbonyl (C=O) groups excluding carboxylic acids is 2. The van der Waals surface area contributed by atoms with Crippen molar-refractivity contribution in [2.75, 3.05) is 16.2 Å². The summed E-state index contributed by atoms with van der Waals surface area (Å²) in [5.41, 5.74) is 1.15. The van der Waals surface area contributed by atoms with Crippen molar-refractivity contribution < 1.29 is 22.7 Å². The van der Waals surface area contributed by atoms with Crippen molar-refractivity contribution in [2.24, 2.45) is 0 Å². The molecule has 0 spiro atoms. The highest BCUT2D eigenvalue weighted by Gasteiger charge is 2.37. The SMILES string of the molecule is O=C(c1ccccc1)c1cc(Cl)ccc1NC(=O)C1CN(S(=O)(=O)c2ccc(Cl)cc2)c2ccccc2O1. The van der Waals surface area contributed by atoms with Crippen molar-refractivity contribution in [3.63, 3.8) is 0 Å². The molecule has 4 aromatic carbocycles. The van der Waals surface area contributed by atoms with Crippen LogP contribution >= 0.6 is 23.2 Å². The molecule has 1 aliphatic heterocycles. The zero-order valence-corrected chi connectivity index (χ0v) is 22.0. The third-order valence-corrected chi connectivity index (χ3v) is 8.23. The first-order chi connectivity index (χ1) is 18.2. The Morgan fingerprint density at radius 2 is 1.50 bits per heavy atom. The predicted molar refractivity (Wildman–Crippen MR) is 147 cm³/mol. The van der Waals surface area contributed by atoms with Gasteiger partial charge in [0, 0.05) is 21.2 Å². The number of anilines is 2. The lowest BCUT2D eigenvalue weighted by Gasteiger charge is -2.34. The average Bonchev–Trinajstić information content (AvgIpc) is 2.93. The largest absolute Gasteiger partial charge is 0.476 e. The number of ketones is 1. The topological polar surface area (TPSA) is 92.8 Å². The number of halogens is 2. The summed E-state index contributed by atoms with van der Waals surface area (Å²) in [7, 11) is -4.05. The Morgan fingerprint density at radius 1 is 0.842 bits per heavy atom. The normalized spacial score (nSPS) is 14.8. The fourth-order valence-corrected chi connectivity index (χ4v) is 5.85. The Bertz CT molecular complexity index is 1630. The van der Waals surface area contributed by atoms with E-state index in [0.29, 0.717) is 21.3 Å². The fraction of sp³-hybridized carbons (Fsp3) is 0.0714. The Labute approximate surface area is 229 Å². The maximum Gasteiger partial charge on any atom is 0.267 e. The average molecular weight is 567 g/mol. The highest BCUT2D eigenvalue weighted by molar-refractivity contribution is 7.92. The lowest BCUT2D eigenvalue weighted by Crippen LogP contribution is -2.48. The van der Waals surface area contributed by atoms with Gasteiger partial charge >= 0.3 is 0 Å². The van der Waals surface area contributed by atoms with Gasteiger partial charge in [-0.15, -0.1) is 0 Å². The molecule has 38 heavy (non-hydrogen) atoms. The van der Waals surface area contributed by atoms with Crippen molar-refractivity contribution in [3.05, 3.63) is 118 Å². The molecule has 7 nitrogen and oxygen atoms in total. The van der Waals surface area contributed by atoms with E-state index in [9.17, 15) is 18.0 Å². The summed E-state index contributed by atoms with van der Waals surface area (Å²) >= 11 is 12.1. The smallest absolute Gasteiger partial charge is 0.267 e. The van der Waals surface area contributed by atoms with Crippen LogP contribution in [0.15, 0.2) is 102 Å². The number of hydrogen-bond donors (Lipinski definition) is 1. The molecule has 0 saturated heterocycles. The van der Waals surface area contributed by atoms with Gasteiger partial charge in [0.05, 0.1) is 22.8 Å². The number of hydrogen-bond acceptors (Lipinski definition) is 5. The third-order valence-electron chi connectivity index (χ3n) is 5.95. The van der Waals surface area contributed by atoms with E-state index in [-0.39, 0.29) is 34.2 Å². The molecule has 1 amide bonds. The minimum absolute atomic E-state index is 0.0196. The second-order valence-corrected chi connectivity index (χ2v) is 11.2. The zero-order chi connectivity index (χ0) is 26.9. The molecule has 0 radical (unpaired) electrons. The number of benzene rings is 4. The molecule has 1 unspecified atom stereocenters. The first-order valence-corrected chi connectivity index (χ1v) is 13.7. The van der Waals surface area contributed by atoms with E-state index in [1.165, 1.54) is 36.4 Å². The quantitative estimate of drug-likeness (QED) is 0.297. The van der Waals surface area contributed by atoms with E-state index in [2.05, 4.69) is 5.32 Å².